The van der Waals surface area contributed by atoms with Crippen molar-refractivity contribution in [1.82, 2.24) is 0 Å². The first-order valence-corrected chi connectivity index (χ1v) is 11.1. The molecule has 5 nitrogen and oxygen atoms in total. The third kappa shape index (κ3) is 3.63. The summed E-state index contributed by atoms with van der Waals surface area (Å²) in [6.07, 6.45) is 0.499. The van der Waals surface area contributed by atoms with E-state index in [0.29, 0.717) is 39.2 Å². The number of aliphatic imine (C=N–C) groups is 1. The first-order chi connectivity index (χ1) is 15.9. The van der Waals surface area contributed by atoms with E-state index in [4.69, 9.17) is 33.6 Å². The Labute approximate surface area is 201 Å². The van der Waals surface area contributed by atoms with Gasteiger partial charge in [0.15, 0.2) is 0 Å². The molecule has 1 aliphatic carbocycles. The van der Waals surface area contributed by atoms with Crippen LogP contribution < -0.4 is 4.90 Å². The molecule has 0 spiro atoms. The molecule has 1 heterocycles. The highest BCUT2D eigenvalue weighted by molar-refractivity contribution is 6.31. The lowest BCUT2D eigenvalue weighted by atomic mass is 9.86. The number of amidine groups is 2. The Bertz CT molecular complexity index is 1370. The molecule has 0 saturated carbocycles. The lowest BCUT2D eigenvalue weighted by Crippen LogP contribution is -2.38. The summed E-state index contributed by atoms with van der Waals surface area (Å²) in [4.78, 5) is 6.42. The van der Waals surface area contributed by atoms with E-state index < -0.39 is 5.60 Å². The third-order valence-electron chi connectivity index (χ3n) is 6.05. The number of hydrogen-bond acceptors (Lipinski definition) is 4. The Morgan fingerprint density at radius 2 is 1.61 bits per heavy atom. The van der Waals surface area contributed by atoms with Gasteiger partial charge in [-0.1, -0.05) is 47.5 Å². The predicted octanol–water partition coefficient (Wildman–Crippen LogP) is 6.18. The molecule has 0 amide bonds. The Balaban J connectivity index is 1.75. The minimum absolute atomic E-state index is 0.0359. The summed E-state index contributed by atoms with van der Waals surface area (Å²) in [5.41, 5.74) is 2.16. The number of fused-ring (bicyclic) bond motifs is 3. The van der Waals surface area contributed by atoms with Crippen molar-refractivity contribution in [3.05, 3.63) is 105 Å². The van der Waals surface area contributed by atoms with Crippen LogP contribution in [0.25, 0.3) is 0 Å². The number of hydrogen-bond donors (Lipinski definition) is 2. The van der Waals surface area contributed by atoms with Crippen LogP contribution in [0.1, 0.15) is 17.5 Å². The summed E-state index contributed by atoms with van der Waals surface area (Å²) in [7, 11) is 0. The molecule has 3 aromatic rings. The zero-order valence-corrected chi connectivity index (χ0v) is 18.9. The maximum atomic E-state index is 12.0. The molecule has 1 unspecified atom stereocenters. The first-order valence-electron chi connectivity index (χ1n) is 10.3. The lowest BCUT2D eigenvalue weighted by Gasteiger charge is -2.28. The molecule has 1 atom stereocenters. The number of nitrogens with one attached hydrogen (secondary N) is 1. The van der Waals surface area contributed by atoms with Crippen molar-refractivity contribution in [2.45, 2.75) is 18.4 Å². The molecule has 33 heavy (non-hydrogen) atoms. The molecule has 5 rings (SSSR count). The molecular weight excluding hydrogens is 455 g/mol. The van der Waals surface area contributed by atoms with E-state index in [1.165, 1.54) is 0 Å². The van der Waals surface area contributed by atoms with Gasteiger partial charge in [0, 0.05) is 22.2 Å². The average Bonchev–Trinajstić information content (AvgIpc) is 3.05. The Kier molecular flexibility index (Phi) is 5.30. The molecule has 0 saturated heterocycles. The van der Waals surface area contributed by atoms with E-state index in [-0.39, 0.29) is 17.8 Å². The molecule has 2 aliphatic rings. The molecule has 0 fully saturated rings. The van der Waals surface area contributed by atoms with Crippen LogP contribution in [0.3, 0.4) is 0 Å². The Morgan fingerprint density at radius 1 is 0.970 bits per heavy atom. The average molecular weight is 473 g/mol. The van der Waals surface area contributed by atoms with Crippen LogP contribution in [-0.4, -0.2) is 16.8 Å². The molecule has 1 aliphatic heterocycles. The van der Waals surface area contributed by atoms with Crippen LogP contribution in [-0.2, 0) is 12.0 Å². The second-order valence-electron chi connectivity index (χ2n) is 8.00. The molecule has 0 aromatic heterocycles. The third-order valence-corrected chi connectivity index (χ3v) is 6.55. The molecule has 162 valence electrons. The number of halogens is 2. The van der Waals surface area contributed by atoms with Gasteiger partial charge in [0.2, 0.25) is 0 Å². The molecule has 7 heteroatoms. The van der Waals surface area contributed by atoms with E-state index >= 15 is 0 Å². The normalized spacial score (nSPS) is 21.0. The van der Waals surface area contributed by atoms with Crippen LogP contribution in [0, 0.1) is 16.7 Å². The van der Waals surface area contributed by atoms with E-state index in [9.17, 15) is 10.4 Å². The van der Waals surface area contributed by atoms with Gasteiger partial charge in [-0.2, -0.15) is 5.26 Å². The van der Waals surface area contributed by atoms with Crippen molar-refractivity contribution in [1.29, 1.82) is 10.7 Å². The first kappa shape index (κ1) is 21.4. The van der Waals surface area contributed by atoms with Crippen LogP contribution in [0.2, 0.25) is 10.0 Å². The van der Waals surface area contributed by atoms with Crippen LogP contribution in [0.15, 0.2) is 88.9 Å². The topological polar surface area (TPSA) is 83.5 Å². The fraction of sp³-hybridized carbons (Fsp3) is 0.115. The van der Waals surface area contributed by atoms with Crippen LogP contribution in [0.5, 0.6) is 0 Å². The van der Waals surface area contributed by atoms with Crippen molar-refractivity contribution in [2.24, 2.45) is 4.99 Å². The highest BCUT2D eigenvalue weighted by Gasteiger charge is 2.48. The summed E-state index contributed by atoms with van der Waals surface area (Å²) in [6.45, 7) is 0. The Morgan fingerprint density at radius 3 is 2.27 bits per heavy atom. The fourth-order valence-corrected chi connectivity index (χ4v) is 4.76. The van der Waals surface area contributed by atoms with Gasteiger partial charge in [0.25, 0.3) is 0 Å². The minimum Gasteiger partial charge on any atom is -0.380 e. The van der Waals surface area contributed by atoms with Crippen molar-refractivity contribution in [3.8, 4) is 6.07 Å². The Hall–Kier alpha value is -3.43. The summed E-state index contributed by atoms with van der Waals surface area (Å²) in [6, 6.07) is 23.8. The van der Waals surface area contributed by atoms with E-state index in [1.54, 1.807) is 53.4 Å². The quantitative estimate of drug-likeness (QED) is 0.467. The number of aliphatic hydroxyl groups is 1. The van der Waals surface area contributed by atoms with Crippen molar-refractivity contribution in [2.75, 3.05) is 4.90 Å². The fourth-order valence-electron chi connectivity index (χ4n) is 4.51. The van der Waals surface area contributed by atoms with Gasteiger partial charge in [0.05, 0.1) is 11.3 Å². The molecule has 0 radical (unpaired) electrons. The SMILES string of the molecule is N#CC1=C2Cc3ccccc3C2(O)CC(=Nc2ccc(Cl)cc2)N(c2ccc(Cl)cc2)C1=N. The molecule has 0 bridgehead atoms. The molecule has 2 N–H and O–H groups in total. The van der Waals surface area contributed by atoms with Crippen molar-refractivity contribution in [3.63, 3.8) is 0 Å². The number of nitriles is 1. The van der Waals surface area contributed by atoms with Gasteiger partial charge in [0.1, 0.15) is 23.3 Å². The van der Waals surface area contributed by atoms with Crippen LogP contribution >= 0.6 is 23.2 Å². The maximum Gasteiger partial charge on any atom is 0.149 e. The van der Waals surface area contributed by atoms with Gasteiger partial charge in [-0.25, -0.2) is 4.99 Å². The van der Waals surface area contributed by atoms with Gasteiger partial charge in [-0.15, -0.1) is 0 Å². The smallest absolute Gasteiger partial charge is 0.149 e. The summed E-state index contributed by atoms with van der Waals surface area (Å²) in [5, 5.41) is 32.2. The predicted molar refractivity (Wildman–Crippen MR) is 132 cm³/mol. The highest BCUT2D eigenvalue weighted by atomic mass is 35.5. The standard InChI is InChI=1S/C26H18Cl2N4O/c27-17-5-9-19(10-6-17)31-24-14-26(33)22-4-2-1-3-16(22)13-23(26)21(15-29)25(30)32(24)20-11-7-18(28)8-12-20/h1-12,30,33H,13-14H2. The summed E-state index contributed by atoms with van der Waals surface area (Å²) < 4.78 is 0. The number of benzene rings is 3. The summed E-state index contributed by atoms with van der Waals surface area (Å²) in [5.74, 6) is 0.401. The summed E-state index contributed by atoms with van der Waals surface area (Å²) >= 11 is 12.1. The van der Waals surface area contributed by atoms with E-state index in [1.807, 2.05) is 24.3 Å². The van der Waals surface area contributed by atoms with Gasteiger partial charge < -0.3 is 5.11 Å². The van der Waals surface area contributed by atoms with Crippen LogP contribution in [0.4, 0.5) is 11.4 Å². The molecular formula is C26H18Cl2N4O. The van der Waals surface area contributed by atoms with E-state index in [2.05, 4.69) is 6.07 Å². The van der Waals surface area contributed by atoms with Crippen molar-refractivity contribution >= 4 is 46.2 Å². The highest BCUT2D eigenvalue weighted by Crippen LogP contribution is 2.47. The molecule has 3 aromatic carbocycles. The van der Waals surface area contributed by atoms with Gasteiger partial charge >= 0.3 is 0 Å². The zero-order chi connectivity index (χ0) is 23.2. The lowest BCUT2D eigenvalue weighted by molar-refractivity contribution is 0.0896. The van der Waals surface area contributed by atoms with Gasteiger partial charge in [-0.05, 0) is 71.7 Å². The zero-order valence-electron chi connectivity index (χ0n) is 17.4. The monoisotopic (exact) mass is 472 g/mol. The van der Waals surface area contributed by atoms with E-state index in [0.717, 1.165) is 11.1 Å². The number of anilines is 1. The van der Waals surface area contributed by atoms with Crippen molar-refractivity contribution < 1.29 is 5.11 Å². The van der Waals surface area contributed by atoms with Gasteiger partial charge in [-0.3, -0.25) is 10.3 Å². The number of nitrogens with zero attached hydrogens (tertiary/aromatic N) is 3. The number of rotatable bonds is 2. The maximum absolute atomic E-state index is 12.0. The second kappa shape index (κ2) is 8.17. The largest absolute Gasteiger partial charge is 0.380 e. The minimum atomic E-state index is -1.44. The second-order valence-corrected chi connectivity index (χ2v) is 8.87.